The number of esters is 1. The first-order valence-electron chi connectivity index (χ1n) is 7.36. The van der Waals surface area contributed by atoms with Crippen molar-refractivity contribution in [3.05, 3.63) is 35.9 Å². The number of benzene rings is 1. The molecule has 0 radical (unpaired) electrons. The molecular formula is C16H18N2O4. The Labute approximate surface area is 128 Å². The monoisotopic (exact) mass is 302 g/mol. The van der Waals surface area contributed by atoms with Gasteiger partial charge in [-0.1, -0.05) is 30.3 Å². The van der Waals surface area contributed by atoms with Gasteiger partial charge >= 0.3 is 5.97 Å². The van der Waals surface area contributed by atoms with E-state index in [0.717, 1.165) is 5.56 Å². The van der Waals surface area contributed by atoms with E-state index in [1.165, 1.54) is 6.92 Å². The molecule has 6 nitrogen and oxygen atoms in total. The van der Waals surface area contributed by atoms with Gasteiger partial charge in [0.05, 0.1) is 6.54 Å². The van der Waals surface area contributed by atoms with E-state index >= 15 is 0 Å². The zero-order valence-electron chi connectivity index (χ0n) is 12.3. The lowest BCUT2D eigenvalue weighted by Gasteiger charge is -2.34. The highest BCUT2D eigenvalue weighted by atomic mass is 16.5. The smallest absolute Gasteiger partial charge is 0.302 e. The number of amides is 2. The highest BCUT2D eigenvalue weighted by Gasteiger charge is 2.47. The van der Waals surface area contributed by atoms with Crippen LogP contribution >= 0.6 is 0 Å². The number of nitrogens with one attached hydrogen (secondary N) is 1. The number of hydrogen-bond acceptors (Lipinski definition) is 4. The second-order valence-corrected chi connectivity index (χ2v) is 5.72. The summed E-state index contributed by atoms with van der Waals surface area (Å²) in [7, 11) is 0. The Kier molecular flexibility index (Phi) is 3.83. The van der Waals surface area contributed by atoms with Gasteiger partial charge in [0.25, 0.3) is 0 Å². The number of rotatable bonds is 3. The minimum atomic E-state index is -0.553. The van der Waals surface area contributed by atoms with Crippen LogP contribution in [0.2, 0.25) is 0 Å². The van der Waals surface area contributed by atoms with Crippen molar-refractivity contribution in [2.45, 2.75) is 38.0 Å². The summed E-state index contributed by atoms with van der Waals surface area (Å²) in [4.78, 5) is 37.4. The van der Waals surface area contributed by atoms with Gasteiger partial charge in [-0.3, -0.25) is 14.4 Å². The summed E-state index contributed by atoms with van der Waals surface area (Å²) in [5.41, 5.74) is 0.996. The van der Waals surface area contributed by atoms with Crippen LogP contribution in [0.4, 0.5) is 0 Å². The molecule has 3 rings (SSSR count). The van der Waals surface area contributed by atoms with Crippen molar-refractivity contribution in [3.63, 3.8) is 0 Å². The number of fused-ring (bicyclic) bond motifs is 1. The highest BCUT2D eigenvalue weighted by Crippen LogP contribution is 2.25. The van der Waals surface area contributed by atoms with E-state index in [0.29, 0.717) is 19.4 Å². The fraction of sp³-hybridized carbons (Fsp3) is 0.438. The van der Waals surface area contributed by atoms with Crippen LogP contribution in [0.1, 0.15) is 18.9 Å². The first-order valence-corrected chi connectivity index (χ1v) is 7.36. The maximum Gasteiger partial charge on any atom is 0.302 e. The summed E-state index contributed by atoms with van der Waals surface area (Å²) >= 11 is 0. The van der Waals surface area contributed by atoms with Crippen LogP contribution in [-0.2, 0) is 25.5 Å². The molecule has 0 saturated carbocycles. The Balaban J connectivity index is 1.72. The Bertz CT molecular complexity index is 601. The van der Waals surface area contributed by atoms with Gasteiger partial charge in [0.2, 0.25) is 11.8 Å². The molecule has 2 amide bonds. The molecule has 22 heavy (non-hydrogen) atoms. The Morgan fingerprint density at radius 1 is 1.32 bits per heavy atom. The lowest BCUT2D eigenvalue weighted by Crippen LogP contribution is -2.61. The standard InChI is InChI=1S/C16H18N2O4/c1-10(19)22-12-8-14-15(20)17-13(16(21)18(14)9-12)7-11-5-3-2-4-6-11/h2-6,12-14H,7-9H2,1H3,(H,17,20)/t12-,13+,14+/m0/s1. The summed E-state index contributed by atoms with van der Waals surface area (Å²) < 4.78 is 5.14. The van der Waals surface area contributed by atoms with Crippen LogP contribution in [0.5, 0.6) is 0 Å². The van der Waals surface area contributed by atoms with Crippen molar-refractivity contribution in [3.8, 4) is 0 Å². The molecule has 2 aliphatic heterocycles. The third-order valence-corrected chi connectivity index (χ3v) is 4.08. The minimum absolute atomic E-state index is 0.108. The summed E-state index contributed by atoms with van der Waals surface area (Å²) in [6.45, 7) is 1.62. The fourth-order valence-electron chi connectivity index (χ4n) is 3.13. The lowest BCUT2D eigenvalue weighted by atomic mass is 10.0. The predicted molar refractivity (Wildman–Crippen MR) is 77.7 cm³/mol. The van der Waals surface area contributed by atoms with E-state index in [4.69, 9.17) is 4.74 Å². The van der Waals surface area contributed by atoms with E-state index in [2.05, 4.69) is 5.32 Å². The average Bonchev–Trinajstić information content (AvgIpc) is 2.89. The maximum atomic E-state index is 12.6. The third-order valence-electron chi connectivity index (χ3n) is 4.08. The molecule has 1 N–H and O–H groups in total. The van der Waals surface area contributed by atoms with Gasteiger partial charge in [-0.2, -0.15) is 0 Å². The summed E-state index contributed by atoms with van der Waals surface area (Å²) in [6.07, 6.45) is 0.440. The van der Waals surface area contributed by atoms with E-state index in [9.17, 15) is 14.4 Å². The first-order chi connectivity index (χ1) is 10.5. The molecule has 6 heteroatoms. The van der Waals surface area contributed by atoms with Crippen molar-refractivity contribution in [1.29, 1.82) is 0 Å². The van der Waals surface area contributed by atoms with Gasteiger partial charge in [0.15, 0.2) is 0 Å². The van der Waals surface area contributed by atoms with Gasteiger partial charge in [-0.15, -0.1) is 0 Å². The largest absolute Gasteiger partial charge is 0.461 e. The maximum absolute atomic E-state index is 12.6. The van der Waals surface area contributed by atoms with E-state index in [1.807, 2.05) is 30.3 Å². The number of ether oxygens (including phenoxy) is 1. The molecule has 2 fully saturated rings. The topological polar surface area (TPSA) is 75.7 Å². The summed E-state index contributed by atoms with van der Waals surface area (Å²) in [5, 5.41) is 2.79. The molecule has 116 valence electrons. The molecule has 2 heterocycles. The number of carbonyl (C=O) groups is 3. The SMILES string of the molecule is CC(=O)O[C@H]1C[C@@H]2C(=O)N[C@H](Cc3ccccc3)C(=O)N2C1. The van der Waals surface area contributed by atoms with Gasteiger partial charge < -0.3 is 15.0 Å². The number of nitrogens with zero attached hydrogens (tertiary/aromatic N) is 1. The molecule has 2 aliphatic rings. The zero-order chi connectivity index (χ0) is 15.7. The molecule has 0 aromatic heterocycles. The van der Waals surface area contributed by atoms with Gasteiger partial charge in [0, 0.05) is 19.8 Å². The van der Waals surface area contributed by atoms with Crippen molar-refractivity contribution in [2.75, 3.05) is 6.54 Å². The van der Waals surface area contributed by atoms with Crippen LogP contribution < -0.4 is 5.32 Å². The Morgan fingerprint density at radius 2 is 2.05 bits per heavy atom. The van der Waals surface area contributed by atoms with Crippen molar-refractivity contribution >= 4 is 17.8 Å². The summed E-state index contributed by atoms with van der Waals surface area (Å²) in [6, 6.07) is 8.49. The van der Waals surface area contributed by atoms with Crippen LogP contribution in [-0.4, -0.2) is 47.4 Å². The van der Waals surface area contributed by atoms with Crippen LogP contribution in [0.25, 0.3) is 0 Å². The molecule has 0 bridgehead atoms. The summed E-state index contributed by atoms with van der Waals surface area (Å²) in [5.74, 6) is -0.670. The van der Waals surface area contributed by atoms with Gasteiger partial charge in [-0.25, -0.2) is 0 Å². The molecule has 0 aliphatic carbocycles. The second kappa shape index (κ2) is 5.79. The van der Waals surface area contributed by atoms with Crippen molar-refractivity contribution in [2.24, 2.45) is 0 Å². The molecular weight excluding hydrogens is 284 g/mol. The van der Waals surface area contributed by atoms with E-state index in [-0.39, 0.29) is 11.8 Å². The quantitative estimate of drug-likeness (QED) is 0.813. The van der Waals surface area contributed by atoms with E-state index in [1.54, 1.807) is 4.90 Å². The van der Waals surface area contributed by atoms with E-state index < -0.39 is 24.2 Å². The third kappa shape index (κ3) is 2.81. The normalized spacial score (nSPS) is 27.3. The second-order valence-electron chi connectivity index (χ2n) is 5.72. The first kappa shape index (κ1) is 14.6. The predicted octanol–water partition coefficient (Wildman–Crippen LogP) is 0.260. The highest BCUT2D eigenvalue weighted by molar-refractivity contribution is 5.97. The Morgan fingerprint density at radius 3 is 2.73 bits per heavy atom. The molecule has 2 saturated heterocycles. The van der Waals surface area contributed by atoms with Crippen molar-refractivity contribution < 1.29 is 19.1 Å². The van der Waals surface area contributed by atoms with Crippen LogP contribution in [0, 0.1) is 0 Å². The number of hydrogen-bond donors (Lipinski definition) is 1. The fourth-order valence-corrected chi connectivity index (χ4v) is 3.13. The number of carbonyl (C=O) groups excluding carboxylic acids is 3. The zero-order valence-corrected chi connectivity index (χ0v) is 12.3. The molecule has 1 aromatic rings. The minimum Gasteiger partial charge on any atom is -0.461 e. The van der Waals surface area contributed by atoms with Gasteiger partial charge in [0.1, 0.15) is 18.2 Å². The molecule has 1 aromatic carbocycles. The Hall–Kier alpha value is -2.37. The molecule has 0 unspecified atom stereocenters. The van der Waals surface area contributed by atoms with Gasteiger partial charge in [-0.05, 0) is 5.56 Å². The average molecular weight is 302 g/mol. The molecule has 3 atom stereocenters. The van der Waals surface area contributed by atoms with Crippen LogP contribution in [0.3, 0.4) is 0 Å². The lowest BCUT2D eigenvalue weighted by molar-refractivity contribution is -0.148. The number of piperazine rings is 1. The molecule has 0 spiro atoms. The van der Waals surface area contributed by atoms with Crippen LogP contribution in [0.15, 0.2) is 30.3 Å². The van der Waals surface area contributed by atoms with Crippen molar-refractivity contribution in [1.82, 2.24) is 10.2 Å².